The summed E-state index contributed by atoms with van der Waals surface area (Å²) in [4.78, 5) is 0. The molecular formula is C17H25BrFN. The van der Waals surface area contributed by atoms with Gasteiger partial charge in [0.05, 0.1) is 0 Å². The fourth-order valence-electron chi connectivity index (χ4n) is 3.42. The van der Waals surface area contributed by atoms with E-state index in [0.29, 0.717) is 0 Å². The van der Waals surface area contributed by atoms with Crippen molar-refractivity contribution in [2.24, 2.45) is 17.6 Å². The lowest BCUT2D eigenvalue weighted by Gasteiger charge is -2.29. The average Bonchev–Trinajstić information content (AvgIpc) is 2.49. The smallest absolute Gasteiger partial charge is 0.124 e. The van der Waals surface area contributed by atoms with Crippen molar-refractivity contribution in [3.8, 4) is 0 Å². The van der Waals surface area contributed by atoms with Gasteiger partial charge in [-0.1, -0.05) is 42.6 Å². The lowest BCUT2D eigenvalue weighted by molar-refractivity contribution is 0.321. The molecule has 1 aliphatic carbocycles. The third-order valence-corrected chi connectivity index (χ3v) is 5.14. The molecule has 0 radical (unpaired) electrons. The largest absolute Gasteiger partial charge is 0.325 e. The van der Waals surface area contributed by atoms with E-state index < -0.39 is 0 Å². The molecule has 0 bridgehead atoms. The zero-order valence-corrected chi connectivity index (χ0v) is 14.0. The molecule has 2 unspecified atom stereocenters. The molecule has 0 aliphatic heterocycles. The van der Waals surface area contributed by atoms with Gasteiger partial charge >= 0.3 is 0 Å². The van der Waals surface area contributed by atoms with E-state index in [-0.39, 0.29) is 11.4 Å². The van der Waals surface area contributed by atoms with Crippen LogP contribution in [0.4, 0.5) is 4.39 Å². The fourth-order valence-corrected chi connectivity index (χ4v) is 3.93. The van der Waals surface area contributed by atoms with Gasteiger partial charge in [0.25, 0.3) is 0 Å². The number of rotatable bonds is 3. The van der Waals surface area contributed by atoms with Crippen molar-refractivity contribution < 1.29 is 4.39 Å². The maximum absolute atomic E-state index is 13.5. The van der Waals surface area contributed by atoms with Crippen LogP contribution in [0.2, 0.25) is 0 Å². The molecule has 20 heavy (non-hydrogen) atoms. The van der Waals surface area contributed by atoms with Crippen LogP contribution >= 0.6 is 15.9 Å². The molecule has 1 aromatic rings. The van der Waals surface area contributed by atoms with Crippen molar-refractivity contribution in [3.05, 3.63) is 34.1 Å². The van der Waals surface area contributed by atoms with Crippen molar-refractivity contribution in [1.82, 2.24) is 0 Å². The van der Waals surface area contributed by atoms with Gasteiger partial charge in [0.2, 0.25) is 0 Å². The van der Waals surface area contributed by atoms with Crippen LogP contribution in [0.15, 0.2) is 22.7 Å². The number of nitrogens with two attached hydrogens (primary N) is 1. The second kappa shape index (κ2) is 6.57. The van der Waals surface area contributed by atoms with Gasteiger partial charge in [-0.15, -0.1) is 0 Å². The highest BCUT2D eigenvalue weighted by Crippen LogP contribution is 2.34. The molecule has 2 N–H and O–H groups in total. The van der Waals surface area contributed by atoms with Crippen LogP contribution in [0.3, 0.4) is 0 Å². The third kappa shape index (κ3) is 4.29. The van der Waals surface area contributed by atoms with E-state index in [1.54, 1.807) is 6.07 Å². The summed E-state index contributed by atoms with van der Waals surface area (Å²) >= 11 is 3.36. The topological polar surface area (TPSA) is 26.0 Å². The Bertz CT molecular complexity index is 440. The summed E-state index contributed by atoms with van der Waals surface area (Å²) in [5, 5.41) is 0. The van der Waals surface area contributed by atoms with Gasteiger partial charge in [-0.25, -0.2) is 4.39 Å². The molecule has 1 fully saturated rings. The summed E-state index contributed by atoms with van der Waals surface area (Å²) < 4.78 is 14.3. The summed E-state index contributed by atoms with van der Waals surface area (Å²) in [6.45, 7) is 4.61. The van der Waals surface area contributed by atoms with Gasteiger partial charge in [0.1, 0.15) is 5.82 Å². The van der Waals surface area contributed by atoms with E-state index in [9.17, 15) is 4.39 Å². The first-order valence-corrected chi connectivity index (χ1v) is 8.41. The molecule has 0 spiro atoms. The zero-order valence-electron chi connectivity index (χ0n) is 12.5. The fraction of sp³-hybridized carbons (Fsp3) is 0.647. The maximum atomic E-state index is 13.5. The Labute approximate surface area is 130 Å². The van der Waals surface area contributed by atoms with Crippen molar-refractivity contribution in [2.45, 2.75) is 57.9 Å². The Morgan fingerprint density at radius 1 is 1.30 bits per heavy atom. The summed E-state index contributed by atoms with van der Waals surface area (Å²) in [5.74, 6) is 1.34. The summed E-state index contributed by atoms with van der Waals surface area (Å²) in [6, 6.07) is 5.10. The van der Waals surface area contributed by atoms with Crippen LogP contribution in [0.25, 0.3) is 0 Å². The first kappa shape index (κ1) is 16.0. The van der Waals surface area contributed by atoms with Gasteiger partial charge in [-0.3, -0.25) is 0 Å². The van der Waals surface area contributed by atoms with Crippen molar-refractivity contribution in [3.63, 3.8) is 0 Å². The van der Waals surface area contributed by atoms with Crippen molar-refractivity contribution in [1.29, 1.82) is 0 Å². The summed E-state index contributed by atoms with van der Waals surface area (Å²) in [5.41, 5.74) is 7.45. The lowest BCUT2D eigenvalue weighted by Crippen LogP contribution is -2.41. The average molecular weight is 342 g/mol. The molecule has 1 aromatic carbocycles. The van der Waals surface area contributed by atoms with Gasteiger partial charge in [0, 0.05) is 10.0 Å². The van der Waals surface area contributed by atoms with Crippen LogP contribution in [-0.2, 0) is 6.42 Å². The van der Waals surface area contributed by atoms with Gasteiger partial charge in [-0.2, -0.15) is 0 Å². The van der Waals surface area contributed by atoms with Gasteiger partial charge in [0.15, 0.2) is 0 Å². The lowest BCUT2D eigenvalue weighted by atomic mass is 9.83. The van der Waals surface area contributed by atoms with Crippen LogP contribution in [-0.4, -0.2) is 5.54 Å². The number of halogens is 2. The molecular weight excluding hydrogens is 317 g/mol. The maximum Gasteiger partial charge on any atom is 0.124 e. The number of benzene rings is 1. The van der Waals surface area contributed by atoms with E-state index in [1.165, 1.54) is 25.3 Å². The normalized spacial score (nSPS) is 27.6. The molecule has 2 rings (SSSR count). The minimum atomic E-state index is -0.188. The second-order valence-electron chi connectivity index (χ2n) is 6.75. The first-order chi connectivity index (χ1) is 9.38. The molecule has 0 amide bonds. The Hall–Kier alpha value is -0.410. The predicted molar refractivity (Wildman–Crippen MR) is 86.1 cm³/mol. The highest BCUT2D eigenvalue weighted by atomic mass is 79.9. The van der Waals surface area contributed by atoms with Crippen LogP contribution in [0.1, 0.15) is 51.5 Å². The zero-order chi connectivity index (χ0) is 14.8. The number of hydrogen-bond donors (Lipinski definition) is 1. The van der Waals surface area contributed by atoms with E-state index in [1.807, 2.05) is 6.07 Å². The second-order valence-corrected chi connectivity index (χ2v) is 7.67. The quantitative estimate of drug-likeness (QED) is 0.763. The summed E-state index contributed by atoms with van der Waals surface area (Å²) in [7, 11) is 0. The van der Waals surface area contributed by atoms with Crippen molar-refractivity contribution >= 4 is 15.9 Å². The van der Waals surface area contributed by atoms with Crippen molar-refractivity contribution in [2.75, 3.05) is 0 Å². The minimum Gasteiger partial charge on any atom is -0.325 e. The van der Waals surface area contributed by atoms with E-state index >= 15 is 0 Å². The standard InChI is InChI=1S/C17H25BrFN/c1-12(2)14-4-3-6-17(20,7-5-14)11-13-8-15(18)10-16(19)9-13/h8-10,12,14H,3-7,11,20H2,1-2H3. The highest BCUT2D eigenvalue weighted by Gasteiger charge is 2.30. The molecule has 112 valence electrons. The van der Waals surface area contributed by atoms with Crippen LogP contribution in [0, 0.1) is 17.7 Å². The Kier molecular flexibility index (Phi) is 5.25. The number of hydrogen-bond acceptors (Lipinski definition) is 1. The van der Waals surface area contributed by atoms with Gasteiger partial charge in [-0.05, 0) is 61.3 Å². The van der Waals surface area contributed by atoms with E-state index in [2.05, 4.69) is 29.8 Å². The molecule has 2 atom stereocenters. The SMILES string of the molecule is CC(C)C1CCCC(N)(Cc2cc(F)cc(Br)c2)CC1. The molecule has 3 heteroatoms. The Balaban J connectivity index is 2.07. The third-order valence-electron chi connectivity index (χ3n) is 4.68. The van der Waals surface area contributed by atoms with E-state index in [0.717, 1.165) is 41.1 Å². The van der Waals surface area contributed by atoms with Gasteiger partial charge < -0.3 is 5.73 Å². The summed E-state index contributed by atoms with van der Waals surface area (Å²) in [6.07, 6.45) is 6.53. The molecule has 0 heterocycles. The molecule has 0 saturated heterocycles. The Morgan fingerprint density at radius 3 is 2.70 bits per heavy atom. The molecule has 1 nitrogen and oxygen atoms in total. The monoisotopic (exact) mass is 341 g/mol. The Morgan fingerprint density at radius 2 is 2.05 bits per heavy atom. The predicted octanol–water partition coefficient (Wildman–Crippen LogP) is 5.06. The van der Waals surface area contributed by atoms with E-state index in [4.69, 9.17) is 5.73 Å². The first-order valence-electron chi connectivity index (χ1n) is 7.62. The highest BCUT2D eigenvalue weighted by molar-refractivity contribution is 9.10. The van der Waals surface area contributed by atoms with Crippen LogP contribution < -0.4 is 5.73 Å². The molecule has 0 aromatic heterocycles. The molecule has 1 saturated carbocycles. The molecule has 1 aliphatic rings. The van der Waals surface area contributed by atoms with Crippen LogP contribution in [0.5, 0.6) is 0 Å². The minimum absolute atomic E-state index is 0.170.